The molecule has 1 heterocycles. The van der Waals surface area contributed by atoms with Gasteiger partial charge in [-0.3, -0.25) is 10.1 Å². The van der Waals surface area contributed by atoms with Crippen molar-refractivity contribution in [2.24, 2.45) is 0 Å². The minimum Gasteiger partial charge on any atom is -0.380 e. The second kappa shape index (κ2) is 5.98. The van der Waals surface area contributed by atoms with Crippen molar-refractivity contribution in [3.05, 3.63) is 53.4 Å². The number of halogens is 2. The van der Waals surface area contributed by atoms with Crippen molar-refractivity contribution in [3.63, 3.8) is 0 Å². The van der Waals surface area contributed by atoms with E-state index in [9.17, 15) is 10.1 Å². The maximum absolute atomic E-state index is 10.6. The van der Waals surface area contributed by atoms with E-state index in [-0.39, 0.29) is 9.92 Å². The van der Waals surface area contributed by atoms with Gasteiger partial charge >= 0.3 is 5.00 Å². The number of rotatable bonds is 4. The summed E-state index contributed by atoms with van der Waals surface area (Å²) in [4.78, 5) is 11.1. The lowest BCUT2D eigenvalue weighted by Gasteiger charge is -2.05. The zero-order valence-corrected chi connectivity index (χ0v) is 13.6. The van der Waals surface area contributed by atoms with Crippen molar-refractivity contribution >= 4 is 60.5 Å². The molecule has 4 nitrogen and oxygen atoms in total. The van der Waals surface area contributed by atoms with Crippen LogP contribution in [0, 0.1) is 13.7 Å². The summed E-state index contributed by atoms with van der Waals surface area (Å²) >= 11 is 6.87. The van der Waals surface area contributed by atoms with Crippen LogP contribution in [-0.2, 0) is 6.54 Å². The van der Waals surface area contributed by atoms with E-state index < -0.39 is 0 Å². The van der Waals surface area contributed by atoms with E-state index in [2.05, 4.69) is 43.8 Å². The highest BCUT2D eigenvalue weighted by Gasteiger charge is 2.09. The summed E-state index contributed by atoms with van der Waals surface area (Å²) in [5, 5.41) is 14.0. The lowest BCUT2D eigenvalue weighted by molar-refractivity contribution is -0.380. The Labute approximate surface area is 130 Å². The molecule has 18 heavy (non-hydrogen) atoms. The van der Waals surface area contributed by atoms with Crippen molar-refractivity contribution in [1.29, 1.82) is 0 Å². The number of hydrogen-bond donors (Lipinski definition) is 1. The number of benzene rings is 1. The maximum Gasteiger partial charge on any atom is 0.324 e. The van der Waals surface area contributed by atoms with Crippen LogP contribution in [0.4, 0.5) is 10.7 Å². The van der Waals surface area contributed by atoms with Crippen LogP contribution in [-0.4, -0.2) is 4.92 Å². The van der Waals surface area contributed by atoms with Crippen LogP contribution in [0.15, 0.2) is 34.8 Å². The van der Waals surface area contributed by atoms with Gasteiger partial charge in [-0.25, -0.2) is 0 Å². The summed E-state index contributed by atoms with van der Waals surface area (Å²) in [6, 6.07) is 9.27. The molecule has 0 unspecified atom stereocenters. The average Bonchev–Trinajstić information content (AvgIpc) is 2.79. The first-order valence-corrected chi connectivity index (χ1v) is 7.67. The van der Waals surface area contributed by atoms with Crippen LogP contribution in [0.3, 0.4) is 0 Å². The number of hydrogen-bond acceptors (Lipinski definition) is 4. The first-order chi connectivity index (χ1) is 8.56. The van der Waals surface area contributed by atoms with Crippen molar-refractivity contribution in [2.75, 3.05) is 5.32 Å². The average molecular weight is 439 g/mol. The molecule has 0 bridgehead atoms. The summed E-state index contributed by atoms with van der Waals surface area (Å²) in [5.74, 6) is 0. The van der Waals surface area contributed by atoms with Crippen LogP contribution in [0.2, 0.25) is 0 Å². The zero-order chi connectivity index (χ0) is 13.1. The molecule has 0 aliphatic carbocycles. The number of nitrogens with one attached hydrogen (secondary N) is 1. The highest BCUT2D eigenvalue weighted by atomic mass is 127. The summed E-state index contributed by atoms with van der Waals surface area (Å²) in [5.41, 5.74) is 0.999. The Morgan fingerprint density at radius 2 is 2.17 bits per heavy atom. The molecule has 1 N–H and O–H groups in total. The molecule has 0 aliphatic heterocycles. The van der Waals surface area contributed by atoms with Gasteiger partial charge in [0.1, 0.15) is 0 Å². The number of anilines is 1. The monoisotopic (exact) mass is 438 g/mol. The first-order valence-electron chi connectivity index (χ1n) is 4.98. The third-order valence-electron chi connectivity index (χ3n) is 2.21. The maximum atomic E-state index is 10.6. The van der Waals surface area contributed by atoms with Gasteiger partial charge in [0.15, 0.2) is 0 Å². The largest absolute Gasteiger partial charge is 0.380 e. The predicted octanol–water partition coefficient (Wildman–Crippen LogP) is 4.64. The summed E-state index contributed by atoms with van der Waals surface area (Å²) in [6.45, 7) is 0.593. The summed E-state index contributed by atoms with van der Waals surface area (Å²) in [6.07, 6.45) is 0. The molecule has 0 aliphatic rings. The molecule has 0 spiro atoms. The quantitative estimate of drug-likeness (QED) is 0.430. The van der Waals surface area contributed by atoms with Gasteiger partial charge in [-0.05, 0) is 62.8 Å². The Bertz CT molecular complexity index is 588. The molecule has 0 saturated carbocycles. The van der Waals surface area contributed by atoms with Crippen LogP contribution in [0.25, 0.3) is 0 Å². The second-order valence-corrected chi connectivity index (χ2v) is 6.64. The molecule has 94 valence electrons. The highest BCUT2D eigenvalue weighted by Crippen LogP contribution is 2.26. The van der Waals surface area contributed by atoms with E-state index in [1.807, 2.05) is 18.2 Å². The SMILES string of the molecule is O=[N+]([O-])c1ccc(CNc2ccc(Br)c(I)c2)s1. The third-order valence-corrected chi connectivity index (χ3v) is 5.58. The Balaban J connectivity index is 2.02. The molecule has 0 atom stereocenters. The van der Waals surface area contributed by atoms with Crippen LogP contribution in [0.5, 0.6) is 0 Å². The molecule has 2 rings (SSSR count). The van der Waals surface area contributed by atoms with Gasteiger partial charge in [-0.15, -0.1) is 0 Å². The van der Waals surface area contributed by atoms with Crippen molar-refractivity contribution < 1.29 is 4.92 Å². The molecule has 1 aromatic carbocycles. The number of thiophene rings is 1. The molecular formula is C11H8BrIN2O2S. The Kier molecular flexibility index (Phi) is 4.57. The summed E-state index contributed by atoms with van der Waals surface area (Å²) in [7, 11) is 0. The van der Waals surface area contributed by atoms with Crippen molar-refractivity contribution in [1.82, 2.24) is 0 Å². The van der Waals surface area contributed by atoms with Crippen molar-refractivity contribution in [2.45, 2.75) is 6.54 Å². The first kappa shape index (κ1) is 13.8. The third kappa shape index (κ3) is 3.42. The fourth-order valence-electron chi connectivity index (χ4n) is 1.35. The van der Waals surface area contributed by atoms with E-state index in [1.165, 1.54) is 17.4 Å². The zero-order valence-electron chi connectivity index (χ0n) is 9.02. The lowest BCUT2D eigenvalue weighted by atomic mass is 10.3. The van der Waals surface area contributed by atoms with Crippen molar-refractivity contribution in [3.8, 4) is 0 Å². The van der Waals surface area contributed by atoms with Crippen LogP contribution in [0.1, 0.15) is 4.88 Å². The summed E-state index contributed by atoms with van der Waals surface area (Å²) < 4.78 is 2.18. The van der Waals surface area contributed by atoms with Crippen LogP contribution >= 0.6 is 49.9 Å². The minimum absolute atomic E-state index is 0.178. The molecule has 1 aromatic heterocycles. The predicted molar refractivity (Wildman–Crippen MR) is 85.2 cm³/mol. The Hall–Kier alpha value is -0.670. The normalized spacial score (nSPS) is 10.3. The van der Waals surface area contributed by atoms with E-state index in [4.69, 9.17) is 0 Å². The molecular weight excluding hydrogens is 431 g/mol. The fourth-order valence-corrected chi connectivity index (χ4v) is 2.88. The second-order valence-electron chi connectivity index (χ2n) is 3.48. The van der Waals surface area contributed by atoms with Gasteiger partial charge in [0, 0.05) is 31.2 Å². The van der Waals surface area contributed by atoms with E-state index >= 15 is 0 Å². The number of nitro groups is 1. The molecule has 0 fully saturated rings. The standard InChI is InChI=1S/C11H8BrIN2O2S/c12-9-3-1-7(5-10(9)13)14-6-8-2-4-11(18-8)15(16)17/h1-5,14H,6H2. The lowest BCUT2D eigenvalue weighted by Crippen LogP contribution is -1.97. The van der Waals surface area contributed by atoms with Crippen LogP contribution < -0.4 is 5.32 Å². The molecule has 7 heteroatoms. The van der Waals surface area contributed by atoms with E-state index in [0.29, 0.717) is 6.54 Å². The highest BCUT2D eigenvalue weighted by molar-refractivity contribution is 14.1. The smallest absolute Gasteiger partial charge is 0.324 e. The van der Waals surface area contributed by atoms with Gasteiger partial charge < -0.3 is 5.32 Å². The molecule has 2 aromatic rings. The Morgan fingerprint density at radius 1 is 1.39 bits per heavy atom. The van der Waals surface area contributed by atoms with Gasteiger partial charge in [0.2, 0.25) is 0 Å². The topological polar surface area (TPSA) is 55.2 Å². The molecule has 0 saturated heterocycles. The van der Waals surface area contributed by atoms with E-state index in [0.717, 1.165) is 18.6 Å². The molecule has 0 amide bonds. The van der Waals surface area contributed by atoms with Gasteiger partial charge in [0.05, 0.1) is 4.92 Å². The van der Waals surface area contributed by atoms with Gasteiger partial charge in [-0.1, -0.05) is 11.3 Å². The minimum atomic E-state index is -0.364. The number of nitrogens with zero attached hydrogens (tertiary/aromatic N) is 1. The van der Waals surface area contributed by atoms with Gasteiger partial charge in [-0.2, -0.15) is 0 Å². The van der Waals surface area contributed by atoms with Gasteiger partial charge in [0.25, 0.3) is 0 Å². The fraction of sp³-hybridized carbons (Fsp3) is 0.0909. The Morgan fingerprint density at radius 3 is 2.78 bits per heavy atom. The molecule has 0 radical (unpaired) electrons. The van der Waals surface area contributed by atoms with E-state index in [1.54, 1.807) is 6.07 Å².